The van der Waals surface area contributed by atoms with Crippen molar-refractivity contribution in [2.24, 2.45) is 0 Å². The van der Waals surface area contributed by atoms with Crippen LogP contribution in [0.2, 0.25) is 0 Å². The van der Waals surface area contributed by atoms with Crippen LogP contribution in [0.3, 0.4) is 0 Å². The summed E-state index contributed by atoms with van der Waals surface area (Å²) >= 11 is 0. The zero-order valence-electron chi connectivity index (χ0n) is 24.8. The highest BCUT2D eigenvalue weighted by Crippen LogP contribution is 2.41. The Bertz CT molecular complexity index is 2730. The van der Waals surface area contributed by atoms with Crippen LogP contribution in [-0.2, 0) is 0 Å². The molecule has 0 spiro atoms. The molecule has 0 bridgehead atoms. The second kappa shape index (κ2) is 9.62. The van der Waals surface area contributed by atoms with Gasteiger partial charge in [-0.05, 0) is 29.7 Å². The Hall–Kier alpha value is -6.26. The van der Waals surface area contributed by atoms with Gasteiger partial charge in [-0.1, -0.05) is 127 Å². The Morgan fingerprint density at radius 2 is 0.935 bits per heavy atom. The molecule has 214 valence electrons. The molecule has 0 N–H and O–H groups in total. The van der Waals surface area contributed by atoms with Crippen LogP contribution in [-0.4, -0.2) is 18.9 Å². The quantitative estimate of drug-likeness (QED) is 0.193. The van der Waals surface area contributed by atoms with Crippen molar-refractivity contribution in [2.45, 2.75) is 0 Å². The molecule has 10 rings (SSSR count). The summed E-state index contributed by atoms with van der Waals surface area (Å²) in [6, 6.07) is 55.9. The van der Waals surface area contributed by atoms with Gasteiger partial charge in [-0.3, -0.25) is 4.57 Å². The van der Waals surface area contributed by atoms with Crippen LogP contribution >= 0.6 is 0 Å². The van der Waals surface area contributed by atoms with E-state index in [1.54, 1.807) is 0 Å². The lowest BCUT2D eigenvalue weighted by molar-refractivity contribution is 1.05. The number of fused-ring (bicyclic) bond motifs is 12. The molecule has 0 aliphatic carbocycles. The molecule has 4 heteroatoms. The average Bonchev–Trinajstić information content (AvgIpc) is 3.69. The summed E-state index contributed by atoms with van der Waals surface area (Å²) in [5, 5.41) is 7.35. The molecule has 0 aliphatic rings. The minimum atomic E-state index is 0.703. The van der Waals surface area contributed by atoms with Gasteiger partial charge in [0.2, 0.25) is 0 Å². The molecule has 0 fully saturated rings. The van der Waals surface area contributed by atoms with Gasteiger partial charge in [-0.25, -0.2) is 9.97 Å². The SMILES string of the molecule is c1ccc(-c2cc(-n3c4ccccc4c4ccc5c(cc6c7ccccc7c7ccccc7n65)c43)nc(-c3ccccc3)n2)cc1. The molecule has 4 aromatic heterocycles. The Morgan fingerprint density at radius 3 is 1.67 bits per heavy atom. The van der Waals surface area contributed by atoms with E-state index in [4.69, 9.17) is 9.97 Å². The predicted molar refractivity (Wildman–Crippen MR) is 191 cm³/mol. The summed E-state index contributed by atoms with van der Waals surface area (Å²) in [4.78, 5) is 10.4. The number of para-hydroxylation sites is 2. The monoisotopic (exact) mass is 586 g/mol. The zero-order chi connectivity index (χ0) is 30.2. The molecule has 0 amide bonds. The first kappa shape index (κ1) is 25.1. The van der Waals surface area contributed by atoms with Crippen molar-refractivity contribution in [3.63, 3.8) is 0 Å². The number of nitrogens with zero attached hydrogens (tertiary/aromatic N) is 4. The summed E-state index contributed by atoms with van der Waals surface area (Å²) in [6.07, 6.45) is 0. The van der Waals surface area contributed by atoms with Crippen LogP contribution in [0.1, 0.15) is 0 Å². The Kier molecular flexibility index (Phi) is 5.25. The molecule has 46 heavy (non-hydrogen) atoms. The second-order valence-electron chi connectivity index (χ2n) is 11.8. The number of hydrogen-bond donors (Lipinski definition) is 0. The normalized spacial score (nSPS) is 11.9. The molecule has 0 saturated carbocycles. The van der Waals surface area contributed by atoms with Crippen molar-refractivity contribution in [3.05, 3.63) is 158 Å². The summed E-state index contributed by atoms with van der Waals surface area (Å²) in [7, 11) is 0. The molecule has 0 atom stereocenters. The summed E-state index contributed by atoms with van der Waals surface area (Å²) in [5.74, 6) is 1.55. The second-order valence-corrected chi connectivity index (χ2v) is 11.8. The molecule has 4 nitrogen and oxygen atoms in total. The van der Waals surface area contributed by atoms with E-state index >= 15 is 0 Å². The van der Waals surface area contributed by atoms with Crippen molar-refractivity contribution >= 4 is 59.9 Å². The van der Waals surface area contributed by atoms with Crippen molar-refractivity contribution in [2.75, 3.05) is 0 Å². The Morgan fingerprint density at radius 1 is 0.370 bits per heavy atom. The van der Waals surface area contributed by atoms with Gasteiger partial charge < -0.3 is 4.40 Å². The van der Waals surface area contributed by atoms with Crippen molar-refractivity contribution in [1.82, 2.24) is 18.9 Å². The maximum absolute atomic E-state index is 5.28. The van der Waals surface area contributed by atoms with Crippen LogP contribution in [0.15, 0.2) is 158 Å². The first-order chi connectivity index (χ1) is 22.8. The fourth-order valence-electron chi connectivity index (χ4n) is 7.30. The third-order valence-corrected chi connectivity index (χ3v) is 9.30. The molecule has 0 radical (unpaired) electrons. The van der Waals surface area contributed by atoms with Crippen molar-refractivity contribution < 1.29 is 0 Å². The van der Waals surface area contributed by atoms with E-state index in [1.807, 2.05) is 24.3 Å². The summed E-state index contributed by atoms with van der Waals surface area (Å²) in [6.45, 7) is 0. The van der Waals surface area contributed by atoms with E-state index in [9.17, 15) is 0 Å². The topological polar surface area (TPSA) is 35.1 Å². The summed E-state index contributed by atoms with van der Waals surface area (Å²) < 4.78 is 4.77. The van der Waals surface area contributed by atoms with Gasteiger partial charge in [0, 0.05) is 44.1 Å². The Labute approximate surface area is 264 Å². The first-order valence-electron chi connectivity index (χ1n) is 15.6. The molecule has 10 aromatic rings. The summed E-state index contributed by atoms with van der Waals surface area (Å²) in [5.41, 5.74) is 8.77. The van der Waals surface area contributed by atoms with E-state index in [0.29, 0.717) is 5.82 Å². The minimum absolute atomic E-state index is 0.703. The highest BCUT2D eigenvalue weighted by Gasteiger charge is 2.21. The minimum Gasteiger partial charge on any atom is -0.309 e. The highest BCUT2D eigenvalue weighted by molar-refractivity contribution is 6.22. The van der Waals surface area contributed by atoms with E-state index < -0.39 is 0 Å². The predicted octanol–water partition coefficient (Wildman–Crippen LogP) is 10.6. The first-order valence-corrected chi connectivity index (χ1v) is 15.6. The van der Waals surface area contributed by atoms with Crippen molar-refractivity contribution in [3.8, 4) is 28.5 Å². The maximum Gasteiger partial charge on any atom is 0.162 e. The van der Waals surface area contributed by atoms with Gasteiger partial charge in [-0.2, -0.15) is 0 Å². The van der Waals surface area contributed by atoms with Crippen LogP contribution in [0.4, 0.5) is 0 Å². The van der Waals surface area contributed by atoms with Gasteiger partial charge in [-0.15, -0.1) is 0 Å². The lowest BCUT2D eigenvalue weighted by atomic mass is 10.1. The lowest BCUT2D eigenvalue weighted by Crippen LogP contribution is -2.02. The Balaban J connectivity index is 1.39. The zero-order valence-corrected chi connectivity index (χ0v) is 24.8. The van der Waals surface area contributed by atoms with Crippen LogP contribution in [0.25, 0.3) is 88.4 Å². The standard InChI is InChI=1S/C42H26N4/c1-3-13-27(14-4-1)35-26-40(44-42(43-35)28-15-5-2-6-16-28)46-37-22-12-10-20-32(37)33-23-24-38-34(41(33)46)25-39-31-19-8-7-17-29(31)30-18-9-11-21-36(30)45(38)39/h1-26H. The van der Waals surface area contributed by atoms with Gasteiger partial charge in [0.1, 0.15) is 5.82 Å². The highest BCUT2D eigenvalue weighted by atomic mass is 15.1. The van der Waals surface area contributed by atoms with E-state index in [0.717, 1.165) is 33.7 Å². The smallest absolute Gasteiger partial charge is 0.162 e. The van der Waals surface area contributed by atoms with Crippen LogP contribution in [0, 0.1) is 0 Å². The van der Waals surface area contributed by atoms with Gasteiger partial charge >= 0.3 is 0 Å². The molecular formula is C42H26N4. The fraction of sp³-hybridized carbons (Fsp3) is 0. The number of aromatic nitrogens is 4. The van der Waals surface area contributed by atoms with E-state index in [1.165, 1.54) is 48.9 Å². The number of rotatable bonds is 3. The van der Waals surface area contributed by atoms with E-state index in [2.05, 4.69) is 142 Å². The third kappa shape index (κ3) is 3.55. The van der Waals surface area contributed by atoms with Crippen LogP contribution in [0.5, 0.6) is 0 Å². The van der Waals surface area contributed by atoms with Crippen molar-refractivity contribution in [1.29, 1.82) is 0 Å². The molecule has 6 aromatic carbocycles. The lowest BCUT2D eigenvalue weighted by Gasteiger charge is -2.12. The largest absolute Gasteiger partial charge is 0.309 e. The van der Waals surface area contributed by atoms with Gasteiger partial charge in [0.25, 0.3) is 0 Å². The van der Waals surface area contributed by atoms with E-state index in [-0.39, 0.29) is 0 Å². The molecular weight excluding hydrogens is 560 g/mol. The molecule has 4 heterocycles. The van der Waals surface area contributed by atoms with Gasteiger partial charge in [0.15, 0.2) is 5.82 Å². The van der Waals surface area contributed by atoms with Crippen LogP contribution < -0.4 is 0 Å². The molecule has 0 aliphatic heterocycles. The third-order valence-electron chi connectivity index (χ3n) is 9.30. The maximum atomic E-state index is 5.28. The average molecular weight is 587 g/mol. The fourth-order valence-corrected chi connectivity index (χ4v) is 7.30. The molecule has 0 saturated heterocycles. The number of benzene rings is 6. The number of hydrogen-bond acceptors (Lipinski definition) is 2. The number of pyridine rings is 1. The molecule has 0 unspecified atom stereocenters. The van der Waals surface area contributed by atoms with Gasteiger partial charge in [0.05, 0.1) is 33.3 Å².